The van der Waals surface area contributed by atoms with Crippen molar-refractivity contribution in [3.8, 4) is 0 Å². The van der Waals surface area contributed by atoms with Crippen LogP contribution in [0.15, 0.2) is 28.7 Å². The molecule has 0 heterocycles. The molecule has 3 heteroatoms. The fraction of sp³-hybridized carbons (Fsp3) is 0.647. The van der Waals surface area contributed by atoms with Crippen molar-refractivity contribution in [2.45, 2.75) is 45.7 Å². The van der Waals surface area contributed by atoms with Gasteiger partial charge in [0.2, 0.25) is 0 Å². The summed E-state index contributed by atoms with van der Waals surface area (Å²) in [5.74, 6) is 0.732. The Balaban J connectivity index is 2.64. The molecule has 0 bridgehead atoms. The van der Waals surface area contributed by atoms with Crippen molar-refractivity contribution in [3.63, 3.8) is 0 Å². The minimum Gasteiger partial charge on any atom is -0.308 e. The molecule has 0 aromatic heterocycles. The van der Waals surface area contributed by atoms with E-state index in [0.29, 0.717) is 12.1 Å². The van der Waals surface area contributed by atoms with Crippen molar-refractivity contribution >= 4 is 15.9 Å². The van der Waals surface area contributed by atoms with Crippen LogP contribution in [-0.4, -0.2) is 31.6 Å². The van der Waals surface area contributed by atoms with Crippen LogP contribution in [-0.2, 0) is 0 Å². The molecular weight excluding hydrogens is 312 g/mol. The Labute approximate surface area is 133 Å². The molecule has 2 nitrogen and oxygen atoms in total. The van der Waals surface area contributed by atoms with Gasteiger partial charge in [-0.15, -0.1) is 0 Å². The highest BCUT2D eigenvalue weighted by atomic mass is 79.9. The van der Waals surface area contributed by atoms with Crippen LogP contribution in [0.25, 0.3) is 0 Å². The van der Waals surface area contributed by atoms with Gasteiger partial charge in [-0.2, -0.15) is 0 Å². The number of hydrogen-bond donors (Lipinski definition) is 1. The van der Waals surface area contributed by atoms with Gasteiger partial charge in [-0.05, 0) is 50.6 Å². The topological polar surface area (TPSA) is 15.3 Å². The molecule has 1 aromatic rings. The zero-order chi connectivity index (χ0) is 15.1. The molecule has 0 aliphatic heterocycles. The SMILES string of the molecule is CCC(NCC(CC(C)C)N(C)C)c1cccc(Br)c1. The number of likely N-dealkylation sites (N-methyl/N-ethyl adjacent to an activating group) is 1. The van der Waals surface area contributed by atoms with E-state index in [1.165, 1.54) is 12.0 Å². The van der Waals surface area contributed by atoms with Gasteiger partial charge in [-0.3, -0.25) is 0 Å². The van der Waals surface area contributed by atoms with Gasteiger partial charge >= 0.3 is 0 Å². The van der Waals surface area contributed by atoms with Gasteiger partial charge < -0.3 is 10.2 Å². The predicted octanol–water partition coefficient (Wildman–Crippen LogP) is 4.47. The van der Waals surface area contributed by atoms with Gasteiger partial charge in [0.25, 0.3) is 0 Å². The second-order valence-corrected chi connectivity index (χ2v) is 7.09. The normalized spacial score (nSPS) is 14.8. The first-order valence-electron chi connectivity index (χ1n) is 7.59. The molecule has 0 saturated heterocycles. The highest BCUT2D eigenvalue weighted by Crippen LogP contribution is 2.21. The number of nitrogens with one attached hydrogen (secondary N) is 1. The smallest absolute Gasteiger partial charge is 0.0318 e. The van der Waals surface area contributed by atoms with Crippen molar-refractivity contribution in [1.82, 2.24) is 10.2 Å². The lowest BCUT2D eigenvalue weighted by atomic mass is 10.0. The molecule has 1 N–H and O–H groups in total. The molecule has 2 atom stereocenters. The van der Waals surface area contributed by atoms with Gasteiger partial charge in [0.1, 0.15) is 0 Å². The zero-order valence-electron chi connectivity index (χ0n) is 13.5. The highest BCUT2D eigenvalue weighted by molar-refractivity contribution is 9.10. The molecule has 20 heavy (non-hydrogen) atoms. The minimum absolute atomic E-state index is 0.433. The van der Waals surface area contributed by atoms with Crippen LogP contribution in [0.2, 0.25) is 0 Å². The summed E-state index contributed by atoms with van der Waals surface area (Å²) in [6.07, 6.45) is 2.34. The number of nitrogens with zero attached hydrogens (tertiary/aromatic N) is 1. The average molecular weight is 341 g/mol. The zero-order valence-corrected chi connectivity index (χ0v) is 15.1. The van der Waals surface area contributed by atoms with E-state index in [1.54, 1.807) is 0 Å². The van der Waals surface area contributed by atoms with Crippen LogP contribution >= 0.6 is 15.9 Å². The standard InChI is InChI=1S/C17H29BrN2/c1-6-17(14-8-7-9-15(18)11-14)19-12-16(20(4)5)10-13(2)3/h7-9,11,13,16-17,19H,6,10,12H2,1-5H3. The van der Waals surface area contributed by atoms with Crippen LogP contribution in [0.1, 0.15) is 45.2 Å². The van der Waals surface area contributed by atoms with E-state index in [-0.39, 0.29) is 0 Å². The largest absolute Gasteiger partial charge is 0.308 e. The Morgan fingerprint density at radius 2 is 1.95 bits per heavy atom. The molecule has 1 rings (SSSR count). The number of benzene rings is 1. The summed E-state index contributed by atoms with van der Waals surface area (Å²) in [6.45, 7) is 7.87. The van der Waals surface area contributed by atoms with Crippen LogP contribution in [0.3, 0.4) is 0 Å². The first kappa shape index (κ1) is 17.7. The van der Waals surface area contributed by atoms with E-state index in [2.05, 4.69) is 85.3 Å². The highest BCUT2D eigenvalue weighted by Gasteiger charge is 2.16. The van der Waals surface area contributed by atoms with E-state index in [9.17, 15) is 0 Å². The second kappa shape index (κ2) is 8.81. The van der Waals surface area contributed by atoms with Gasteiger partial charge in [0.05, 0.1) is 0 Å². The minimum atomic E-state index is 0.433. The summed E-state index contributed by atoms with van der Waals surface area (Å²) in [4.78, 5) is 2.33. The molecular formula is C17H29BrN2. The van der Waals surface area contributed by atoms with E-state index in [0.717, 1.165) is 23.4 Å². The Hall–Kier alpha value is -0.380. The summed E-state index contributed by atoms with van der Waals surface area (Å²) in [7, 11) is 4.35. The van der Waals surface area contributed by atoms with E-state index >= 15 is 0 Å². The Kier molecular flexibility index (Phi) is 7.78. The summed E-state index contributed by atoms with van der Waals surface area (Å²) >= 11 is 3.56. The predicted molar refractivity (Wildman–Crippen MR) is 92.1 cm³/mol. The van der Waals surface area contributed by atoms with Crippen molar-refractivity contribution in [3.05, 3.63) is 34.3 Å². The summed E-state index contributed by atoms with van der Waals surface area (Å²) < 4.78 is 1.15. The van der Waals surface area contributed by atoms with E-state index < -0.39 is 0 Å². The summed E-state index contributed by atoms with van der Waals surface area (Å²) in [5, 5.41) is 3.74. The van der Waals surface area contributed by atoms with Crippen molar-refractivity contribution in [2.75, 3.05) is 20.6 Å². The maximum Gasteiger partial charge on any atom is 0.0318 e. The fourth-order valence-corrected chi connectivity index (χ4v) is 2.94. The van der Waals surface area contributed by atoms with E-state index in [4.69, 9.17) is 0 Å². The first-order valence-corrected chi connectivity index (χ1v) is 8.38. The third-order valence-corrected chi connectivity index (χ3v) is 4.23. The number of hydrogen-bond acceptors (Lipinski definition) is 2. The molecule has 1 aromatic carbocycles. The molecule has 2 unspecified atom stereocenters. The fourth-order valence-electron chi connectivity index (χ4n) is 2.52. The summed E-state index contributed by atoms with van der Waals surface area (Å²) in [6, 6.07) is 9.64. The third-order valence-electron chi connectivity index (χ3n) is 3.73. The quantitative estimate of drug-likeness (QED) is 0.751. The molecule has 0 fully saturated rings. The molecule has 114 valence electrons. The van der Waals surface area contributed by atoms with Gasteiger partial charge in [0.15, 0.2) is 0 Å². The van der Waals surface area contributed by atoms with Gasteiger partial charge in [0, 0.05) is 23.1 Å². The molecule has 0 aliphatic carbocycles. The monoisotopic (exact) mass is 340 g/mol. The van der Waals surface area contributed by atoms with Crippen LogP contribution in [0.4, 0.5) is 0 Å². The summed E-state index contributed by atoms with van der Waals surface area (Å²) in [5.41, 5.74) is 1.36. The van der Waals surface area contributed by atoms with Crippen molar-refractivity contribution in [2.24, 2.45) is 5.92 Å². The lowest BCUT2D eigenvalue weighted by Gasteiger charge is -2.28. The molecule has 0 radical (unpaired) electrons. The second-order valence-electron chi connectivity index (χ2n) is 6.17. The van der Waals surface area contributed by atoms with Gasteiger partial charge in [-0.1, -0.05) is 48.8 Å². The lowest BCUT2D eigenvalue weighted by Crippen LogP contribution is -2.40. The van der Waals surface area contributed by atoms with Gasteiger partial charge in [-0.25, -0.2) is 0 Å². The third kappa shape index (κ3) is 5.94. The van der Waals surface area contributed by atoms with Crippen molar-refractivity contribution in [1.29, 1.82) is 0 Å². The molecule has 0 saturated carbocycles. The van der Waals surface area contributed by atoms with Crippen LogP contribution in [0, 0.1) is 5.92 Å². The lowest BCUT2D eigenvalue weighted by molar-refractivity contribution is 0.239. The average Bonchev–Trinajstić information content (AvgIpc) is 2.37. The maximum absolute atomic E-state index is 3.74. The molecule has 0 spiro atoms. The number of halogens is 1. The first-order chi connectivity index (χ1) is 9.43. The maximum atomic E-state index is 3.74. The Morgan fingerprint density at radius 3 is 2.45 bits per heavy atom. The Morgan fingerprint density at radius 1 is 1.25 bits per heavy atom. The Bertz CT molecular complexity index is 390. The van der Waals surface area contributed by atoms with Crippen LogP contribution < -0.4 is 5.32 Å². The molecule has 0 amide bonds. The van der Waals surface area contributed by atoms with Crippen LogP contribution in [0.5, 0.6) is 0 Å². The van der Waals surface area contributed by atoms with Crippen molar-refractivity contribution < 1.29 is 0 Å². The number of rotatable bonds is 8. The molecule has 0 aliphatic rings. The van der Waals surface area contributed by atoms with E-state index in [1.807, 2.05) is 0 Å².